The van der Waals surface area contributed by atoms with Crippen LogP contribution in [0.25, 0.3) is 0 Å². The number of hydrogen-bond acceptors (Lipinski definition) is 7. The number of rotatable bonds is 7. The standard InChI is InChI=1S/C23H23Cl2N7O2/c24-17-2-1-3-18(25)20(17)30-21(33)16-10-27-23(31-22(16)34-15-4-5-15)29-14-9-28-32(11-14)19-7-13-6-12(19)8-26-13/h1-3,9-13,15,19,26H,4-8H2,(H,30,33)(H,27,29,31)/t12-,13-,19+/m0/s1. The van der Waals surface area contributed by atoms with E-state index in [0.717, 1.165) is 31.5 Å². The Labute approximate surface area is 206 Å². The van der Waals surface area contributed by atoms with Gasteiger partial charge in [-0.3, -0.25) is 9.48 Å². The van der Waals surface area contributed by atoms with Crippen LogP contribution in [0.5, 0.6) is 5.88 Å². The Balaban J connectivity index is 1.21. The summed E-state index contributed by atoms with van der Waals surface area (Å²) in [5.41, 5.74) is 1.32. The van der Waals surface area contributed by atoms with Crippen molar-refractivity contribution in [2.75, 3.05) is 17.2 Å². The predicted octanol–water partition coefficient (Wildman–Crippen LogP) is 4.44. The minimum Gasteiger partial charge on any atom is -0.474 e. The number of ether oxygens (including phenoxy) is 1. The highest BCUT2D eigenvalue weighted by molar-refractivity contribution is 6.40. The van der Waals surface area contributed by atoms with Crippen LogP contribution in [0.1, 0.15) is 42.1 Å². The van der Waals surface area contributed by atoms with Crippen molar-refractivity contribution < 1.29 is 9.53 Å². The quantitative estimate of drug-likeness (QED) is 0.441. The second-order valence-electron chi connectivity index (χ2n) is 9.02. The molecule has 1 aromatic carbocycles. The van der Waals surface area contributed by atoms with Gasteiger partial charge in [-0.05, 0) is 43.7 Å². The molecule has 3 N–H and O–H groups in total. The number of carbonyl (C=O) groups excluding carboxylic acids is 1. The highest BCUT2D eigenvalue weighted by Gasteiger charge is 2.40. The molecule has 1 amide bonds. The maximum absolute atomic E-state index is 13.0. The van der Waals surface area contributed by atoms with Crippen LogP contribution in [-0.2, 0) is 0 Å². The first-order valence-electron chi connectivity index (χ1n) is 11.4. The second kappa shape index (κ2) is 8.72. The highest BCUT2D eigenvalue weighted by atomic mass is 35.5. The summed E-state index contributed by atoms with van der Waals surface area (Å²) in [4.78, 5) is 21.8. The summed E-state index contributed by atoms with van der Waals surface area (Å²) in [6.07, 6.45) is 9.40. The lowest BCUT2D eigenvalue weighted by Crippen LogP contribution is -2.31. The molecule has 3 heterocycles. The lowest BCUT2D eigenvalue weighted by Gasteiger charge is -2.22. The van der Waals surface area contributed by atoms with E-state index in [0.29, 0.717) is 39.7 Å². The fraction of sp³-hybridized carbons (Fsp3) is 0.391. The monoisotopic (exact) mass is 499 g/mol. The molecule has 9 nitrogen and oxygen atoms in total. The van der Waals surface area contributed by atoms with Gasteiger partial charge in [0.1, 0.15) is 11.7 Å². The molecule has 1 aliphatic heterocycles. The van der Waals surface area contributed by atoms with E-state index >= 15 is 0 Å². The van der Waals surface area contributed by atoms with Gasteiger partial charge in [-0.2, -0.15) is 10.1 Å². The van der Waals surface area contributed by atoms with Crippen LogP contribution in [0.4, 0.5) is 17.3 Å². The van der Waals surface area contributed by atoms with Gasteiger partial charge >= 0.3 is 0 Å². The van der Waals surface area contributed by atoms with Crippen molar-refractivity contribution in [1.82, 2.24) is 25.1 Å². The van der Waals surface area contributed by atoms with Crippen molar-refractivity contribution in [3.8, 4) is 5.88 Å². The molecule has 11 heteroatoms. The van der Waals surface area contributed by atoms with E-state index in [1.807, 2.05) is 10.9 Å². The first-order valence-corrected chi connectivity index (χ1v) is 12.1. The molecule has 6 rings (SSSR count). The molecule has 3 atom stereocenters. The molecule has 0 unspecified atom stereocenters. The molecule has 34 heavy (non-hydrogen) atoms. The third kappa shape index (κ3) is 4.31. The Hall–Kier alpha value is -2.88. The van der Waals surface area contributed by atoms with Gasteiger partial charge < -0.3 is 20.7 Å². The number of para-hydroxylation sites is 1. The van der Waals surface area contributed by atoms with Gasteiger partial charge in [0, 0.05) is 25.0 Å². The Morgan fingerprint density at radius 2 is 2.00 bits per heavy atom. The molecule has 3 aromatic rings. The number of halogens is 2. The smallest absolute Gasteiger partial charge is 0.262 e. The average Bonchev–Trinajstić information content (AvgIpc) is 3.20. The number of nitrogens with one attached hydrogen (secondary N) is 3. The van der Waals surface area contributed by atoms with Gasteiger partial charge in [-0.25, -0.2) is 4.98 Å². The van der Waals surface area contributed by atoms with Crippen LogP contribution in [-0.4, -0.2) is 44.3 Å². The van der Waals surface area contributed by atoms with Crippen molar-refractivity contribution in [3.63, 3.8) is 0 Å². The number of benzene rings is 1. The summed E-state index contributed by atoms with van der Waals surface area (Å²) in [5.74, 6) is 0.719. The fourth-order valence-corrected chi connectivity index (χ4v) is 5.15. The van der Waals surface area contributed by atoms with Gasteiger partial charge in [0.25, 0.3) is 5.91 Å². The number of amides is 1. The molecule has 0 radical (unpaired) electrons. The lowest BCUT2D eigenvalue weighted by atomic mass is 10.0. The van der Waals surface area contributed by atoms with Crippen molar-refractivity contribution in [2.24, 2.45) is 5.92 Å². The molecular weight excluding hydrogens is 477 g/mol. The summed E-state index contributed by atoms with van der Waals surface area (Å²) in [6, 6.07) is 6.03. The lowest BCUT2D eigenvalue weighted by molar-refractivity contribution is 0.102. The van der Waals surface area contributed by atoms with Crippen LogP contribution in [0.15, 0.2) is 36.8 Å². The maximum atomic E-state index is 13.0. The number of piperidine rings is 1. The number of hydrogen-bond donors (Lipinski definition) is 3. The number of aromatic nitrogens is 4. The van der Waals surface area contributed by atoms with Gasteiger partial charge in [-0.15, -0.1) is 0 Å². The van der Waals surface area contributed by atoms with E-state index in [4.69, 9.17) is 27.9 Å². The molecule has 2 saturated carbocycles. The van der Waals surface area contributed by atoms with Crippen LogP contribution in [0, 0.1) is 5.92 Å². The van der Waals surface area contributed by atoms with Gasteiger partial charge in [0.05, 0.1) is 33.7 Å². The van der Waals surface area contributed by atoms with E-state index in [2.05, 4.69) is 31.0 Å². The zero-order valence-corrected chi connectivity index (χ0v) is 19.7. The largest absolute Gasteiger partial charge is 0.474 e. The zero-order chi connectivity index (χ0) is 23.2. The average molecular weight is 500 g/mol. The van der Waals surface area contributed by atoms with Gasteiger partial charge in [0.2, 0.25) is 11.8 Å². The third-order valence-electron chi connectivity index (χ3n) is 6.53. The second-order valence-corrected chi connectivity index (χ2v) is 9.83. The Morgan fingerprint density at radius 3 is 2.71 bits per heavy atom. The van der Waals surface area contributed by atoms with E-state index < -0.39 is 5.91 Å². The summed E-state index contributed by atoms with van der Waals surface area (Å²) >= 11 is 12.4. The first kappa shape index (κ1) is 21.6. The molecule has 3 fully saturated rings. The highest BCUT2D eigenvalue weighted by Crippen LogP contribution is 2.40. The minimum absolute atomic E-state index is 0.0485. The predicted molar refractivity (Wildman–Crippen MR) is 129 cm³/mol. The van der Waals surface area contributed by atoms with Crippen LogP contribution in [0.2, 0.25) is 10.0 Å². The maximum Gasteiger partial charge on any atom is 0.262 e. The minimum atomic E-state index is -0.449. The number of anilines is 3. The van der Waals surface area contributed by atoms with Crippen molar-refractivity contribution in [2.45, 2.75) is 43.9 Å². The number of nitrogens with zero attached hydrogens (tertiary/aromatic N) is 4. The van der Waals surface area contributed by atoms with Crippen molar-refractivity contribution in [1.29, 1.82) is 0 Å². The summed E-state index contributed by atoms with van der Waals surface area (Å²) in [5, 5.41) is 14.7. The Morgan fingerprint density at radius 1 is 1.18 bits per heavy atom. The van der Waals surface area contributed by atoms with Crippen LogP contribution < -0.4 is 20.7 Å². The van der Waals surface area contributed by atoms with E-state index in [1.54, 1.807) is 24.4 Å². The first-order chi connectivity index (χ1) is 16.5. The SMILES string of the molecule is O=C(Nc1c(Cl)cccc1Cl)c1cnc(Nc2cnn([C@@H]3C[C@@H]4C[C@H]3CN4)c2)nc1OC1CC1. The van der Waals surface area contributed by atoms with Gasteiger partial charge in [-0.1, -0.05) is 29.3 Å². The summed E-state index contributed by atoms with van der Waals surface area (Å²) in [6.45, 7) is 1.05. The van der Waals surface area contributed by atoms with Crippen molar-refractivity contribution >= 4 is 46.4 Å². The topological polar surface area (TPSA) is 106 Å². The normalized spacial score (nSPS) is 23.2. The molecule has 0 spiro atoms. The molecule has 2 aromatic heterocycles. The molecule has 176 valence electrons. The van der Waals surface area contributed by atoms with E-state index in [1.165, 1.54) is 12.6 Å². The van der Waals surface area contributed by atoms with Crippen LogP contribution >= 0.6 is 23.2 Å². The zero-order valence-electron chi connectivity index (χ0n) is 18.2. The van der Waals surface area contributed by atoms with Crippen LogP contribution in [0.3, 0.4) is 0 Å². The molecule has 2 aliphatic carbocycles. The molecule has 1 saturated heterocycles. The molecule has 2 bridgehead atoms. The summed E-state index contributed by atoms with van der Waals surface area (Å²) in [7, 11) is 0. The number of carbonyl (C=O) groups is 1. The summed E-state index contributed by atoms with van der Waals surface area (Å²) < 4.78 is 7.96. The Bertz CT molecular complexity index is 1230. The fourth-order valence-electron chi connectivity index (χ4n) is 4.66. The number of fused-ring (bicyclic) bond motifs is 2. The van der Waals surface area contributed by atoms with E-state index in [9.17, 15) is 4.79 Å². The Kier molecular flexibility index (Phi) is 5.55. The van der Waals surface area contributed by atoms with Crippen molar-refractivity contribution in [3.05, 3.63) is 52.4 Å². The molecule has 3 aliphatic rings. The van der Waals surface area contributed by atoms with Gasteiger partial charge in [0.15, 0.2) is 0 Å². The van der Waals surface area contributed by atoms with E-state index in [-0.39, 0.29) is 17.5 Å². The molecular formula is C23H23Cl2N7O2. The third-order valence-corrected chi connectivity index (χ3v) is 7.16.